The molecule has 1 amide bonds. The number of para-hydroxylation sites is 1. The van der Waals surface area contributed by atoms with Gasteiger partial charge < -0.3 is 14.7 Å². The first-order valence-electron chi connectivity index (χ1n) is 9.41. The minimum atomic E-state index is 0.305. The zero-order chi connectivity index (χ0) is 18.5. The molecule has 0 N–H and O–H groups in total. The van der Waals surface area contributed by atoms with Crippen LogP contribution in [0.25, 0.3) is 0 Å². The molecule has 0 spiro atoms. The number of nitrogens with zero attached hydrogens (tertiary/aromatic N) is 3. The van der Waals surface area contributed by atoms with Crippen molar-refractivity contribution in [2.75, 3.05) is 38.6 Å². The lowest BCUT2D eigenvalue weighted by Crippen LogP contribution is -2.28. The minimum Gasteiger partial charge on any atom is -0.345 e. The van der Waals surface area contributed by atoms with Gasteiger partial charge in [0.15, 0.2) is 0 Å². The Labute approximate surface area is 157 Å². The number of carbonyl (C=O) groups is 1. The van der Waals surface area contributed by atoms with Gasteiger partial charge in [-0.2, -0.15) is 0 Å². The number of rotatable bonds is 7. The average molecular weight is 351 g/mol. The fraction of sp³-hybridized carbons (Fsp3) is 0.409. The Balaban J connectivity index is 1.55. The molecular weight excluding hydrogens is 322 g/mol. The van der Waals surface area contributed by atoms with Crippen LogP contribution in [-0.4, -0.2) is 49.4 Å². The van der Waals surface area contributed by atoms with Crippen LogP contribution in [0.5, 0.6) is 0 Å². The first-order valence-corrected chi connectivity index (χ1v) is 9.41. The largest absolute Gasteiger partial charge is 0.345 e. The van der Waals surface area contributed by atoms with Crippen molar-refractivity contribution < 1.29 is 4.79 Å². The smallest absolute Gasteiger partial charge is 0.222 e. The predicted molar refractivity (Wildman–Crippen MR) is 108 cm³/mol. The van der Waals surface area contributed by atoms with Crippen molar-refractivity contribution in [2.45, 2.75) is 19.9 Å². The lowest BCUT2D eigenvalue weighted by Gasteiger charge is -2.22. The van der Waals surface area contributed by atoms with Crippen LogP contribution in [0.1, 0.15) is 18.9 Å². The molecule has 4 nitrogen and oxygen atoms in total. The van der Waals surface area contributed by atoms with Crippen molar-refractivity contribution in [3.63, 3.8) is 0 Å². The summed E-state index contributed by atoms with van der Waals surface area (Å²) in [7, 11) is 4.23. The van der Waals surface area contributed by atoms with E-state index in [0.717, 1.165) is 26.2 Å². The van der Waals surface area contributed by atoms with Crippen molar-refractivity contribution >= 4 is 17.3 Å². The van der Waals surface area contributed by atoms with Gasteiger partial charge in [-0.3, -0.25) is 4.79 Å². The fourth-order valence-corrected chi connectivity index (χ4v) is 3.72. The Bertz CT molecular complexity index is 714. The molecule has 1 unspecified atom stereocenters. The van der Waals surface area contributed by atoms with Gasteiger partial charge in [0.05, 0.1) is 0 Å². The Kier molecular flexibility index (Phi) is 5.94. The van der Waals surface area contributed by atoms with Gasteiger partial charge in [0.25, 0.3) is 0 Å². The fourth-order valence-electron chi connectivity index (χ4n) is 3.72. The van der Waals surface area contributed by atoms with Crippen LogP contribution < -0.4 is 4.90 Å². The standard InChI is InChI=1S/C22H29N3O/c1-4-25-17-19(14-22(25)26)16-23(2)15-18-10-12-21(13-11-18)24(3)20-8-6-5-7-9-20/h5-13,19H,4,14-17H2,1-3H3. The van der Waals surface area contributed by atoms with Gasteiger partial charge in [-0.15, -0.1) is 0 Å². The van der Waals surface area contributed by atoms with E-state index >= 15 is 0 Å². The topological polar surface area (TPSA) is 26.8 Å². The molecule has 4 heteroatoms. The second kappa shape index (κ2) is 8.37. The maximum Gasteiger partial charge on any atom is 0.222 e. The molecule has 2 aromatic carbocycles. The van der Waals surface area contributed by atoms with Crippen LogP contribution in [0, 0.1) is 5.92 Å². The maximum absolute atomic E-state index is 11.9. The molecule has 1 heterocycles. The van der Waals surface area contributed by atoms with Gasteiger partial charge in [0.1, 0.15) is 0 Å². The van der Waals surface area contributed by atoms with Crippen LogP contribution in [-0.2, 0) is 11.3 Å². The van der Waals surface area contributed by atoms with E-state index in [1.54, 1.807) is 0 Å². The monoisotopic (exact) mass is 351 g/mol. The third kappa shape index (κ3) is 4.44. The average Bonchev–Trinajstić information content (AvgIpc) is 3.01. The van der Waals surface area contributed by atoms with Gasteiger partial charge in [-0.05, 0) is 49.7 Å². The number of benzene rings is 2. The van der Waals surface area contributed by atoms with Crippen molar-refractivity contribution in [1.82, 2.24) is 9.80 Å². The van der Waals surface area contributed by atoms with Gasteiger partial charge in [-0.25, -0.2) is 0 Å². The molecule has 0 radical (unpaired) electrons. The summed E-state index contributed by atoms with van der Waals surface area (Å²) in [5, 5.41) is 0. The Morgan fingerprint density at radius 1 is 1.00 bits per heavy atom. The predicted octanol–water partition coefficient (Wildman–Crippen LogP) is 3.75. The highest BCUT2D eigenvalue weighted by molar-refractivity contribution is 5.78. The number of hydrogen-bond acceptors (Lipinski definition) is 3. The molecule has 26 heavy (non-hydrogen) atoms. The van der Waals surface area contributed by atoms with E-state index in [4.69, 9.17) is 0 Å². The summed E-state index contributed by atoms with van der Waals surface area (Å²) in [6.45, 7) is 5.66. The van der Waals surface area contributed by atoms with Crippen molar-refractivity contribution in [1.29, 1.82) is 0 Å². The lowest BCUT2D eigenvalue weighted by molar-refractivity contribution is -0.127. The van der Waals surface area contributed by atoms with Gasteiger partial charge in [0.2, 0.25) is 5.91 Å². The molecule has 1 aliphatic rings. The summed E-state index contributed by atoms with van der Waals surface area (Å²) in [4.78, 5) is 18.4. The summed E-state index contributed by atoms with van der Waals surface area (Å²) in [5.74, 6) is 0.759. The molecule has 1 aliphatic heterocycles. The summed E-state index contributed by atoms with van der Waals surface area (Å²) < 4.78 is 0. The summed E-state index contributed by atoms with van der Waals surface area (Å²) in [5.41, 5.74) is 3.67. The van der Waals surface area contributed by atoms with E-state index in [9.17, 15) is 4.79 Å². The molecule has 3 rings (SSSR count). The van der Waals surface area contributed by atoms with E-state index in [1.165, 1.54) is 16.9 Å². The van der Waals surface area contributed by atoms with Gasteiger partial charge >= 0.3 is 0 Å². The first kappa shape index (κ1) is 18.5. The Morgan fingerprint density at radius 2 is 1.65 bits per heavy atom. The molecule has 138 valence electrons. The highest BCUT2D eigenvalue weighted by Gasteiger charge is 2.28. The van der Waals surface area contributed by atoms with Crippen molar-refractivity contribution in [3.05, 3.63) is 60.2 Å². The third-order valence-electron chi connectivity index (χ3n) is 5.17. The molecule has 0 bridgehead atoms. The molecule has 0 saturated carbocycles. The molecule has 1 atom stereocenters. The van der Waals surface area contributed by atoms with Crippen LogP contribution in [0.3, 0.4) is 0 Å². The van der Waals surface area contributed by atoms with Crippen LogP contribution >= 0.6 is 0 Å². The molecule has 1 fully saturated rings. The molecule has 1 saturated heterocycles. The highest BCUT2D eigenvalue weighted by Crippen LogP contribution is 2.24. The Hall–Kier alpha value is -2.33. The normalized spacial score (nSPS) is 17.2. The van der Waals surface area contributed by atoms with E-state index < -0.39 is 0 Å². The van der Waals surface area contributed by atoms with E-state index in [0.29, 0.717) is 18.2 Å². The summed E-state index contributed by atoms with van der Waals surface area (Å²) in [6, 6.07) is 19.1. The second-order valence-corrected chi connectivity index (χ2v) is 7.26. The zero-order valence-corrected chi connectivity index (χ0v) is 16.1. The van der Waals surface area contributed by atoms with Crippen molar-refractivity contribution in [2.24, 2.45) is 5.92 Å². The third-order valence-corrected chi connectivity index (χ3v) is 5.17. The maximum atomic E-state index is 11.9. The SMILES string of the molecule is CCN1CC(CN(C)Cc2ccc(N(C)c3ccccc3)cc2)CC1=O. The molecule has 0 aliphatic carbocycles. The second-order valence-electron chi connectivity index (χ2n) is 7.26. The number of carbonyl (C=O) groups excluding carboxylic acids is 1. The van der Waals surface area contributed by atoms with Gasteiger partial charge in [0, 0.05) is 51.0 Å². The number of anilines is 2. The zero-order valence-electron chi connectivity index (χ0n) is 16.1. The number of likely N-dealkylation sites (tertiary alicyclic amines) is 1. The lowest BCUT2D eigenvalue weighted by atomic mass is 10.1. The summed E-state index contributed by atoms with van der Waals surface area (Å²) in [6.07, 6.45) is 0.693. The quantitative estimate of drug-likeness (QED) is 0.760. The number of amides is 1. The molecule has 0 aromatic heterocycles. The summed E-state index contributed by atoms with van der Waals surface area (Å²) >= 11 is 0. The highest BCUT2D eigenvalue weighted by atomic mass is 16.2. The van der Waals surface area contributed by atoms with Crippen LogP contribution in [0.4, 0.5) is 11.4 Å². The van der Waals surface area contributed by atoms with E-state index in [-0.39, 0.29) is 0 Å². The minimum absolute atomic E-state index is 0.305. The van der Waals surface area contributed by atoms with E-state index in [1.807, 2.05) is 11.0 Å². The van der Waals surface area contributed by atoms with Crippen LogP contribution in [0.15, 0.2) is 54.6 Å². The van der Waals surface area contributed by atoms with Gasteiger partial charge in [-0.1, -0.05) is 30.3 Å². The Morgan fingerprint density at radius 3 is 2.27 bits per heavy atom. The van der Waals surface area contributed by atoms with Crippen LogP contribution in [0.2, 0.25) is 0 Å². The molecular formula is C22H29N3O. The first-order chi connectivity index (χ1) is 12.6. The van der Waals surface area contributed by atoms with E-state index in [2.05, 4.69) is 79.3 Å². The molecule has 2 aromatic rings. The number of hydrogen-bond donors (Lipinski definition) is 0. The van der Waals surface area contributed by atoms with Crippen molar-refractivity contribution in [3.8, 4) is 0 Å².